The van der Waals surface area contributed by atoms with Gasteiger partial charge in [-0.05, 0) is 62.2 Å². The number of rotatable bonds is 7. The molecule has 2 amide bonds. The maximum atomic E-state index is 12.2. The Balaban J connectivity index is 1.93. The first-order chi connectivity index (χ1) is 12.4. The van der Waals surface area contributed by atoms with Gasteiger partial charge in [-0.15, -0.1) is 0 Å². The van der Waals surface area contributed by atoms with E-state index in [1.807, 2.05) is 32.9 Å². The molecule has 0 saturated carbocycles. The first-order valence-electron chi connectivity index (χ1n) is 8.48. The predicted octanol–water partition coefficient (Wildman–Crippen LogP) is 4.30. The smallest absolute Gasteiger partial charge is 0.262 e. The average Bonchev–Trinajstić information content (AvgIpc) is 2.62. The van der Waals surface area contributed by atoms with E-state index in [2.05, 4.69) is 26.6 Å². The molecule has 0 aliphatic rings. The van der Waals surface area contributed by atoms with Crippen LogP contribution in [0.25, 0.3) is 0 Å². The largest absolute Gasteiger partial charge is 0.484 e. The van der Waals surface area contributed by atoms with Gasteiger partial charge in [-0.2, -0.15) is 0 Å². The minimum Gasteiger partial charge on any atom is -0.484 e. The summed E-state index contributed by atoms with van der Waals surface area (Å²) in [5.74, 6) is 0.185. The third-order valence-electron chi connectivity index (χ3n) is 3.90. The Morgan fingerprint density at radius 1 is 1.19 bits per heavy atom. The normalized spacial score (nSPS) is 11.5. The topological polar surface area (TPSA) is 67.4 Å². The van der Waals surface area contributed by atoms with E-state index in [1.165, 1.54) is 0 Å². The molecule has 6 heteroatoms. The van der Waals surface area contributed by atoms with E-state index in [0.717, 1.165) is 16.5 Å². The molecule has 138 valence electrons. The molecule has 0 saturated heterocycles. The Morgan fingerprint density at radius 3 is 2.65 bits per heavy atom. The molecule has 0 radical (unpaired) electrons. The van der Waals surface area contributed by atoms with Crippen molar-refractivity contribution in [2.75, 3.05) is 11.9 Å². The average molecular weight is 419 g/mol. The lowest BCUT2D eigenvalue weighted by molar-refractivity contribution is -0.118. The van der Waals surface area contributed by atoms with E-state index in [-0.39, 0.29) is 24.5 Å². The maximum absolute atomic E-state index is 12.2. The predicted molar refractivity (Wildman–Crippen MR) is 107 cm³/mol. The van der Waals surface area contributed by atoms with Crippen molar-refractivity contribution in [1.82, 2.24) is 5.32 Å². The van der Waals surface area contributed by atoms with Crippen LogP contribution in [0.5, 0.6) is 5.75 Å². The molecule has 0 aliphatic heterocycles. The Bertz CT molecular complexity index is 792. The van der Waals surface area contributed by atoms with Gasteiger partial charge in [0.05, 0.1) is 0 Å². The molecule has 0 fully saturated rings. The zero-order valence-corrected chi connectivity index (χ0v) is 16.7. The van der Waals surface area contributed by atoms with Gasteiger partial charge < -0.3 is 15.4 Å². The fourth-order valence-electron chi connectivity index (χ4n) is 2.20. The molecule has 2 rings (SSSR count). The molecule has 2 N–H and O–H groups in total. The van der Waals surface area contributed by atoms with E-state index in [0.29, 0.717) is 17.0 Å². The van der Waals surface area contributed by atoms with Crippen molar-refractivity contribution in [3.8, 4) is 5.75 Å². The third-order valence-corrected chi connectivity index (χ3v) is 4.79. The van der Waals surface area contributed by atoms with Crippen LogP contribution in [-0.4, -0.2) is 24.5 Å². The Labute approximate surface area is 162 Å². The van der Waals surface area contributed by atoms with Crippen molar-refractivity contribution < 1.29 is 14.3 Å². The highest BCUT2D eigenvalue weighted by Crippen LogP contribution is 2.21. The summed E-state index contributed by atoms with van der Waals surface area (Å²) in [6.45, 7) is 5.80. The van der Waals surface area contributed by atoms with Crippen LogP contribution in [0.2, 0.25) is 0 Å². The van der Waals surface area contributed by atoms with Crippen molar-refractivity contribution in [2.45, 2.75) is 33.2 Å². The van der Waals surface area contributed by atoms with E-state index in [9.17, 15) is 9.59 Å². The molecule has 1 unspecified atom stereocenters. The second-order valence-corrected chi connectivity index (χ2v) is 6.97. The first-order valence-corrected chi connectivity index (χ1v) is 9.28. The van der Waals surface area contributed by atoms with Crippen molar-refractivity contribution in [1.29, 1.82) is 0 Å². The number of carbonyl (C=O) groups excluding carboxylic acids is 2. The first kappa shape index (κ1) is 20.0. The number of aryl methyl sites for hydroxylation is 1. The van der Waals surface area contributed by atoms with Gasteiger partial charge in [0.25, 0.3) is 11.8 Å². The third kappa shape index (κ3) is 5.88. The summed E-state index contributed by atoms with van der Waals surface area (Å²) in [7, 11) is 0. The summed E-state index contributed by atoms with van der Waals surface area (Å²) in [6.07, 6.45) is 0.856. The van der Waals surface area contributed by atoms with Gasteiger partial charge >= 0.3 is 0 Å². The van der Waals surface area contributed by atoms with Crippen molar-refractivity contribution in [3.63, 3.8) is 0 Å². The Hall–Kier alpha value is -2.34. The molecule has 0 aliphatic carbocycles. The summed E-state index contributed by atoms with van der Waals surface area (Å²) in [5.41, 5.74) is 2.10. The van der Waals surface area contributed by atoms with Crippen molar-refractivity contribution >= 4 is 33.4 Å². The van der Waals surface area contributed by atoms with E-state index >= 15 is 0 Å². The number of benzene rings is 2. The van der Waals surface area contributed by atoms with Gasteiger partial charge in [0.2, 0.25) is 0 Å². The SMILES string of the molecule is CCC(C)NC(=O)c1cccc(NC(=O)COc2ccc(Br)c(C)c2)c1. The van der Waals surface area contributed by atoms with Crippen LogP contribution in [0.4, 0.5) is 5.69 Å². The van der Waals surface area contributed by atoms with Gasteiger partial charge in [-0.3, -0.25) is 9.59 Å². The molecular formula is C20H23BrN2O3. The molecule has 0 aromatic heterocycles. The van der Waals surface area contributed by atoms with Gasteiger partial charge in [0.15, 0.2) is 6.61 Å². The minimum atomic E-state index is -0.287. The Morgan fingerprint density at radius 2 is 1.96 bits per heavy atom. The molecule has 5 nitrogen and oxygen atoms in total. The lowest BCUT2D eigenvalue weighted by Crippen LogP contribution is -2.32. The molecule has 0 spiro atoms. The van der Waals surface area contributed by atoms with Crippen molar-refractivity contribution in [2.24, 2.45) is 0 Å². The second-order valence-electron chi connectivity index (χ2n) is 6.11. The number of amides is 2. The molecule has 0 heterocycles. The zero-order valence-electron chi connectivity index (χ0n) is 15.1. The number of carbonyl (C=O) groups is 2. The van der Waals surface area contributed by atoms with Crippen LogP contribution in [0, 0.1) is 6.92 Å². The molecule has 2 aromatic carbocycles. The number of hydrogen-bond donors (Lipinski definition) is 2. The van der Waals surface area contributed by atoms with E-state index in [4.69, 9.17) is 4.74 Å². The summed E-state index contributed by atoms with van der Waals surface area (Å²) >= 11 is 3.42. The summed E-state index contributed by atoms with van der Waals surface area (Å²) < 4.78 is 6.50. The van der Waals surface area contributed by atoms with Crippen LogP contribution in [0.15, 0.2) is 46.9 Å². The maximum Gasteiger partial charge on any atom is 0.262 e. The van der Waals surface area contributed by atoms with Crippen LogP contribution < -0.4 is 15.4 Å². The zero-order chi connectivity index (χ0) is 19.1. The summed E-state index contributed by atoms with van der Waals surface area (Å²) in [5, 5.41) is 5.65. The molecular weight excluding hydrogens is 396 g/mol. The summed E-state index contributed by atoms with van der Waals surface area (Å²) in [4.78, 5) is 24.3. The fraction of sp³-hybridized carbons (Fsp3) is 0.300. The van der Waals surface area contributed by atoms with Gasteiger partial charge in [-0.1, -0.05) is 28.9 Å². The molecule has 1 atom stereocenters. The quantitative estimate of drug-likeness (QED) is 0.703. The van der Waals surface area contributed by atoms with E-state index < -0.39 is 0 Å². The lowest BCUT2D eigenvalue weighted by atomic mass is 10.1. The standard InChI is InChI=1S/C20H23BrN2O3/c1-4-14(3)22-20(25)15-6-5-7-16(11-15)23-19(24)12-26-17-8-9-18(21)13(2)10-17/h5-11,14H,4,12H2,1-3H3,(H,22,25)(H,23,24). The van der Waals surface area contributed by atoms with Crippen LogP contribution in [-0.2, 0) is 4.79 Å². The van der Waals surface area contributed by atoms with Crippen LogP contribution in [0.1, 0.15) is 36.2 Å². The molecule has 0 bridgehead atoms. The summed E-state index contributed by atoms with van der Waals surface area (Å²) in [6, 6.07) is 12.5. The highest BCUT2D eigenvalue weighted by Gasteiger charge is 2.10. The van der Waals surface area contributed by atoms with Gasteiger partial charge in [0.1, 0.15) is 5.75 Å². The van der Waals surface area contributed by atoms with E-state index in [1.54, 1.807) is 30.3 Å². The molecule has 26 heavy (non-hydrogen) atoms. The number of ether oxygens (including phenoxy) is 1. The highest BCUT2D eigenvalue weighted by molar-refractivity contribution is 9.10. The fourth-order valence-corrected chi connectivity index (χ4v) is 2.45. The minimum absolute atomic E-state index is 0.100. The lowest BCUT2D eigenvalue weighted by Gasteiger charge is -2.12. The van der Waals surface area contributed by atoms with Crippen LogP contribution in [0.3, 0.4) is 0 Å². The molecule has 2 aromatic rings. The highest BCUT2D eigenvalue weighted by atomic mass is 79.9. The number of halogens is 1. The van der Waals surface area contributed by atoms with Crippen molar-refractivity contribution in [3.05, 3.63) is 58.1 Å². The second kappa shape index (κ2) is 9.38. The van der Waals surface area contributed by atoms with Crippen LogP contribution >= 0.6 is 15.9 Å². The monoisotopic (exact) mass is 418 g/mol. The number of anilines is 1. The Kier molecular flexibility index (Phi) is 7.21. The van der Waals surface area contributed by atoms with Gasteiger partial charge in [-0.25, -0.2) is 0 Å². The van der Waals surface area contributed by atoms with Gasteiger partial charge in [0, 0.05) is 21.8 Å². The number of hydrogen-bond acceptors (Lipinski definition) is 3. The number of nitrogens with one attached hydrogen (secondary N) is 2.